The molecule has 22 heteroatoms. The van der Waals surface area contributed by atoms with E-state index in [1.54, 1.807) is 39.8 Å². The molecule has 0 unspecified atom stereocenters. The fourth-order valence-electron chi connectivity index (χ4n) is 16.1. The predicted molar refractivity (Wildman–Crippen MR) is 275 cm³/mol. The van der Waals surface area contributed by atoms with Crippen LogP contribution in [0.15, 0.2) is 34.9 Å². The summed E-state index contributed by atoms with van der Waals surface area (Å²) in [6, 6.07) is 0. The Morgan fingerprint density at radius 3 is 1.89 bits per heavy atom. The highest BCUT2D eigenvalue weighted by atomic mass is 16.8. The van der Waals surface area contributed by atoms with E-state index in [0.717, 1.165) is 5.57 Å². The largest absolute Gasteiger partial charge is 0.479 e. The van der Waals surface area contributed by atoms with Gasteiger partial charge in [-0.25, -0.2) is 14.4 Å². The molecule has 22 nitrogen and oxygen atoms in total. The number of carbonyl (C=O) groups excluding carboxylic acids is 2. The van der Waals surface area contributed by atoms with Crippen molar-refractivity contribution in [2.45, 2.75) is 232 Å². The van der Waals surface area contributed by atoms with Gasteiger partial charge in [0.1, 0.15) is 61.0 Å². The third-order valence-electron chi connectivity index (χ3n) is 21.3. The molecule has 7 fully saturated rings. The van der Waals surface area contributed by atoms with Gasteiger partial charge in [-0.3, -0.25) is 0 Å². The van der Waals surface area contributed by atoms with E-state index in [0.29, 0.717) is 43.3 Å². The molecule has 5 aliphatic carbocycles. The topological polar surface area (TPSA) is 348 Å². The second-order valence-electron chi connectivity index (χ2n) is 25.8. The van der Waals surface area contributed by atoms with Crippen molar-refractivity contribution in [1.29, 1.82) is 0 Å². The minimum absolute atomic E-state index is 0.0653. The van der Waals surface area contributed by atoms with Crippen molar-refractivity contribution in [2.24, 2.45) is 50.2 Å². The molecule has 3 heterocycles. The summed E-state index contributed by atoms with van der Waals surface area (Å²) >= 11 is 0. The lowest BCUT2D eigenvalue weighted by molar-refractivity contribution is -0.391. The molecule has 8 aliphatic rings. The Hall–Kier alpha value is -3.01. The SMILES string of the molecule is C/C=C(/C)C(=O)O[C@H]1[C@H](OC(=O)/C(C)=C\C)[C@]2(CO)[C@H](O)C[C@]3(C)C(=CC[C@@H]4[C@@]5(C)CC[C@H](O[C@@H]6O[C@H](C(=O)O)[C@@H](O)[C@H](O[C@@H]7O[C@@H](C)[C@H](O)[C@@H](O)[C@H]7O)[C@H]6O[C@@H]6OC[C@@H](O)[C@H](O)[C@H]6O)[C@](C)(CO)[C@@H]5CC[C@]43C)[C@@H]2CC1(C)C. The van der Waals surface area contributed by atoms with Crippen LogP contribution >= 0.6 is 0 Å². The van der Waals surface area contributed by atoms with Crippen molar-refractivity contribution >= 4 is 17.9 Å². The quantitative estimate of drug-likeness (QED) is 0.0536. The lowest BCUT2D eigenvalue weighted by Crippen LogP contribution is -2.72. The van der Waals surface area contributed by atoms with Crippen molar-refractivity contribution in [3.8, 4) is 0 Å². The van der Waals surface area contributed by atoms with Crippen LogP contribution in [0, 0.1) is 50.2 Å². The maximum atomic E-state index is 13.8. The van der Waals surface area contributed by atoms with E-state index in [9.17, 15) is 70.6 Å². The number of fused-ring (bicyclic) bond motifs is 7. The molecule has 3 aliphatic heterocycles. The maximum Gasteiger partial charge on any atom is 0.335 e. The van der Waals surface area contributed by atoms with E-state index in [4.69, 9.17) is 37.9 Å². The number of allylic oxidation sites excluding steroid dienone is 4. The van der Waals surface area contributed by atoms with Crippen LogP contribution in [0.2, 0.25) is 0 Å². The molecule has 0 amide bonds. The smallest absolute Gasteiger partial charge is 0.335 e. The van der Waals surface area contributed by atoms with Gasteiger partial charge in [0.2, 0.25) is 0 Å². The fraction of sp³-hybridized carbons (Fsp3) is 0.842. The first-order chi connectivity index (χ1) is 36.9. The zero-order valence-electron chi connectivity index (χ0n) is 47.3. The van der Waals surface area contributed by atoms with Gasteiger partial charge in [0.05, 0.1) is 43.5 Å². The zero-order valence-corrected chi connectivity index (χ0v) is 47.3. The second-order valence-corrected chi connectivity index (χ2v) is 25.8. The molecule has 79 heavy (non-hydrogen) atoms. The van der Waals surface area contributed by atoms with Crippen LogP contribution in [0.25, 0.3) is 0 Å². The lowest BCUT2D eigenvalue weighted by atomic mass is 9.33. The molecular formula is C57H88O22. The standard InChI is InChI=1S/C57H88O22/c1-12-25(3)47(70)78-44-45(79-48(71)26(4)13-2)57(24-59)29(20-52(44,6)7)28-14-15-32-53(8)18-17-34(54(9,23-58)31(53)16-19-55(32,10)56(28,11)21-33(57)61)74-51-43(77-49-38(65)36(63)30(60)22-72-49)41(40(67)42(76-51)46(68)69)75-50-39(66)37(64)35(62)27(5)73-50/h12-14,27,29-45,49-51,58-67H,15-24H2,1-11H3,(H,68,69)/b25-12-,26-13-/t27-,29-,30+,31+,32+,33+,34-,35-,36-,37+,38+,39+,40-,41-,42-,43+,44-,45-,49-,50-,51+,53-,54+,55+,56+,57-/m0/s1. The summed E-state index contributed by atoms with van der Waals surface area (Å²) in [6.45, 7) is 19.0. The van der Waals surface area contributed by atoms with Crippen LogP contribution in [0.1, 0.15) is 121 Å². The summed E-state index contributed by atoms with van der Waals surface area (Å²) in [6.07, 6.45) is -20.6. The summed E-state index contributed by atoms with van der Waals surface area (Å²) < 4.78 is 49.2. The van der Waals surface area contributed by atoms with E-state index in [-0.39, 0.29) is 24.7 Å². The molecule has 0 aromatic rings. The number of rotatable bonds is 13. The van der Waals surface area contributed by atoms with Gasteiger partial charge in [-0.05, 0) is 114 Å². The number of aliphatic hydroxyl groups is 10. The molecule has 4 saturated carbocycles. The number of carboxylic acid groups (broad SMARTS) is 1. The Morgan fingerprint density at radius 1 is 0.684 bits per heavy atom. The normalized spacial score (nSPS) is 49.9. The third-order valence-corrected chi connectivity index (χ3v) is 21.3. The number of hydrogen-bond donors (Lipinski definition) is 11. The minimum atomic E-state index is -2.11. The number of aliphatic carboxylic acids is 1. The van der Waals surface area contributed by atoms with Gasteiger partial charge in [0.15, 0.2) is 31.1 Å². The van der Waals surface area contributed by atoms with Crippen molar-refractivity contribution in [3.63, 3.8) is 0 Å². The third kappa shape index (κ3) is 9.99. The molecule has 0 radical (unpaired) electrons. The van der Waals surface area contributed by atoms with Gasteiger partial charge in [0, 0.05) is 22.0 Å². The van der Waals surface area contributed by atoms with Crippen LogP contribution in [0.5, 0.6) is 0 Å². The molecule has 0 bridgehead atoms. The van der Waals surface area contributed by atoms with E-state index in [2.05, 4.69) is 26.8 Å². The van der Waals surface area contributed by atoms with E-state index >= 15 is 0 Å². The van der Waals surface area contributed by atoms with E-state index < -0.39 is 187 Å². The Morgan fingerprint density at radius 2 is 1.29 bits per heavy atom. The molecular weight excluding hydrogens is 1040 g/mol. The zero-order chi connectivity index (χ0) is 58.4. The molecule has 8 rings (SSSR count). The van der Waals surface area contributed by atoms with E-state index in [1.807, 2.05) is 20.8 Å². The van der Waals surface area contributed by atoms with Crippen LogP contribution in [-0.2, 0) is 52.3 Å². The Kier molecular flexibility index (Phi) is 17.7. The highest BCUT2D eigenvalue weighted by Gasteiger charge is 2.74. The van der Waals surface area contributed by atoms with Gasteiger partial charge in [0.25, 0.3) is 0 Å². The first-order valence-corrected chi connectivity index (χ1v) is 28.0. The number of esters is 2. The first kappa shape index (κ1) is 62.0. The van der Waals surface area contributed by atoms with E-state index in [1.165, 1.54) is 6.92 Å². The second kappa shape index (κ2) is 22.5. The van der Waals surface area contributed by atoms with Gasteiger partial charge in [-0.2, -0.15) is 0 Å². The van der Waals surface area contributed by atoms with Crippen molar-refractivity contribution < 1.29 is 108 Å². The molecule has 0 spiro atoms. The highest BCUT2D eigenvalue weighted by Crippen LogP contribution is 2.76. The summed E-state index contributed by atoms with van der Waals surface area (Å²) in [4.78, 5) is 40.3. The van der Waals surface area contributed by atoms with Crippen LogP contribution < -0.4 is 0 Å². The lowest BCUT2D eigenvalue weighted by Gasteiger charge is -2.72. The fourth-order valence-corrected chi connectivity index (χ4v) is 16.1. The van der Waals surface area contributed by atoms with Crippen LogP contribution in [0.3, 0.4) is 0 Å². The van der Waals surface area contributed by atoms with Crippen LogP contribution in [-0.4, -0.2) is 204 Å². The molecule has 26 atom stereocenters. The van der Waals surface area contributed by atoms with Gasteiger partial charge in [-0.1, -0.05) is 65.3 Å². The molecule has 0 aromatic carbocycles. The van der Waals surface area contributed by atoms with Gasteiger partial charge in [-0.15, -0.1) is 0 Å². The summed E-state index contributed by atoms with van der Waals surface area (Å²) in [7, 11) is 0. The number of ether oxygens (including phenoxy) is 8. The number of carbonyl (C=O) groups is 3. The van der Waals surface area contributed by atoms with Gasteiger partial charge < -0.3 is 94.1 Å². The molecule has 11 N–H and O–H groups in total. The molecule has 0 aromatic heterocycles. The first-order valence-electron chi connectivity index (χ1n) is 28.0. The predicted octanol–water partition coefficient (Wildman–Crippen LogP) is 1.29. The average molecular weight is 1130 g/mol. The maximum absolute atomic E-state index is 13.8. The average Bonchev–Trinajstić information content (AvgIpc) is 3.52. The van der Waals surface area contributed by atoms with Crippen molar-refractivity contribution in [1.82, 2.24) is 0 Å². The monoisotopic (exact) mass is 1120 g/mol. The summed E-state index contributed by atoms with van der Waals surface area (Å²) in [5.74, 6) is -3.76. The Balaban J connectivity index is 1.14. The number of carboxylic acids is 1. The van der Waals surface area contributed by atoms with Crippen molar-refractivity contribution in [2.75, 3.05) is 19.8 Å². The van der Waals surface area contributed by atoms with Crippen LogP contribution in [0.4, 0.5) is 0 Å². The molecule has 3 saturated heterocycles. The summed E-state index contributed by atoms with van der Waals surface area (Å²) in [5.41, 5.74) is -3.41. The Bertz CT molecular complexity index is 2360. The number of hydrogen-bond acceptors (Lipinski definition) is 21. The van der Waals surface area contributed by atoms with Crippen molar-refractivity contribution in [3.05, 3.63) is 34.9 Å². The Labute approximate surface area is 461 Å². The summed E-state index contributed by atoms with van der Waals surface area (Å²) in [5, 5.41) is 123. The molecule has 448 valence electrons. The van der Waals surface area contributed by atoms with Gasteiger partial charge >= 0.3 is 17.9 Å². The number of aliphatic hydroxyl groups excluding tert-OH is 10. The highest BCUT2D eigenvalue weighted by molar-refractivity contribution is 5.89. The minimum Gasteiger partial charge on any atom is -0.479 e.